The summed E-state index contributed by atoms with van der Waals surface area (Å²) in [5.41, 5.74) is 0.579. The molecule has 6 nitrogen and oxygen atoms in total. The van der Waals surface area contributed by atoms with E-state index < -0.39 is 4.92 Å². The standard InChI is InChI=1S/C11H16N2O4/c1-12(6-7-16-2)11-8-9(17-3)4-5-10(11)13(14)15/h4-5,8H,6-7H2,1-3H3. The fraction of sp³-hybridized carbons (Fsp3) is 0.455. The van der Waals surface area contributed by atoms with Crippen LogP contribution in [0.1, 0.15) is 0 Å². The predicted molar refractivity (Wildman–Crippen MR) is 64.8 cm³/mol. The largest absolute Gasteiger partial charge is 0.497 e. The van der Waals surface area contributed by atoms with Gasteiger partial charge in [0.15, 0.2) is 0 Å². The predicted octanol–water partition coefficient (Wildman–Crippen LogP) is 1.69. The molecule has 0 aliphatic rings. The normalized spacial score (nSPS) is 10.1. The molecule has 17 heavy (non-hydrogen) atoms. The molecular weight excluding hydrogens is 224 g/mol. The van der Waals surface area contributed by atoms with Gasteiger partial charge >= 0.3 is 0 Å². The van der Waals surface area contributed by atoms with Crippen molar-refractivity contribution in [3.63, 3.8) is 0 Å². The Hall–Kier alpha value is -1.82. The first-order chi connectivity index (χ1) is 8.10. The Bertz CT molecular complexity index is 395. The van der Waals surface area contributed by atoms with Gasteiger partial charge in [0.1, 0.15) is 11.4 Å². The number of likely N-dealkylation sites (N-methyl/N-ethyl adjacent to an activating group) is 1. The van der Waals surface area contributed by atoms with Gasteiger partial charge in [0.05, 0.1) is 18.6 Å². The van der Waals surface area contributed by atoms with E-state index in [1.807, 2.05) is 0 Å². The first kappa shape index (κ1) is 13.2. The van der Waals surface area contributed by atoms with E-state index in [2.05, 4.69) is 0 Å². The van der Waals surface area contributed by atoms with Crippen molar-refractivity contribution in [2.75, 3.05) is 39.3 Å². The second-order valence-corrected chi connectivity index (χ2v) is 3.53. The number of nitro groups is 1. The summed E-state index contributed by atoms with van der Waals surface area (Å²) in [6.45, 7) is 1.08. The van der Waals surface area contributed by atoms with Gasteiger partial charge in [-0.1, -0.05) is 0 Å². The molecule has 0 aliphatic heterocycles. The van der Waals surface area contributed by atoms with E-state index in [1.54, 1.807) is 31.2 Å². The number of nitro benzene ring substituents is 1. The van der Waals surface area contributed by atoms with Crippen LogP contribution in [0, 0.1) is 10.1 Å². The van der Waals surface area contributed by atoms with Gasteiger partial charge in [0.2, 0.25) is 0 Å². The summed E-state index contributed by atoms with van der Waals surface area (Å²) in [6, 6.07) is 4.66. The van der Waals surface area contributed by atoms with Crippen LogP contribution in [0.15, 0.2) is 18.2 Å². The Labute approximate surface area is 99.9 Å². The highest BCUT2D eigenvalue weighted by molar-refractivity contribution is 5.65. The maximum atomic E-state index is 10.9. The molecule has 0 atom stereocenters. The van der Waals surface area contributed by atoms with Gasteiger partial charge in [-0.05, 0) is 6.07 Å². The third-order valence-corrected chi connectivity index (χ3v) is 2.42. The third kappa shape index (κ3) is 3.32. The maximum absolute atomic E-state index is 10.9. The Kier molecular flexibility index (Phi) is 4.71. The van der Waals surface area contributed by atoms with Crippen LogP contribution in [0.25, 0.3) is 0 Å². The van der Waals surface area contributed by atoms with Gasteiger partial charge in [0, 0.05) is 32.8 Å². The first-order valence-corrected chi connectivity index (χ1v) is 5.12. The Morgan fingerprint density at radius 2 is 2.12 bits per heavy atom. The minimum absolute atomic E-state index is 0.0596. The van der Waals surface area contributed by atoms with Crippen molar-refractivity contribution < 1.29 is 14.4 Å². The van der Waals surface area contributed by atoms with Crippen LogP contribution in [0.4, 0.5) is 11.4 Å². The molecule has 1 aromatic rings. The minimum atomic E-state index is -0.405. The van der Waals surface area contributed by atoms with Crippen molar-refractivity contribution >= 4 is 11.4 Å². The molecule has 0 N–H and O–H groups in total. The first-order valence-electron chi connectivity index (χ1n) is 5.12. The van der Waals surface area contributed by atoms with E-state index >= 15 is 0 Å². The Morgan fingerprint density at radius 3 is 2.65 bits per heavy atom. The average Bonchev–Trinajstić information content (AvgIpc) is 2.34. The van der Waals surface area contributed by atoms with Gasteiger partial charge in [-0.3, -0.25) is 10.1 Å². The summed E-state index contributed by atoms with van der Waals surface area (Å²) < 4.78 is 10.0. The smallest absolute Gasteiger partial charge is 0.292 e. The second kappa shape index (κ2) is 6.05. The second-order valence-electron chi connectivity index (χ2n) is 3.53. The molecule has 94 valence electrons. The summed E-state index contributed by atoms with van der Waals surface area (Å²) >= 11 is 0. The zero-order chi connectivity index (χ0) is 12.8. The number of methoxy groups -OCH3 is 2. The number of hydrogen-bond donors (Lipinski definition) is 0. The highest BCUT2D eigenvalue weighted by atomic mass is 16.6. The van der Waals surface area contributed by atoms with E-state index in [0.29, 0.717) is 24.6 Å². The molecule has 0 saturated carbocycles. The van der Waals surface area contributed by atoms with E-state index in [1.165, 1.54) is 13.2 Å². The summed E-state index contributed by atoms with van der Waals surface area (Å²) in [5, 5.41) is 10.9. The van der Waals surface area contributed by atoms with E-state index in [0.717, 1.165) is 0 Å². The van der Waals surface area contributed by atoms with Gasteiger partial charge in [0.25, 0.3) is 5.69 Å². The highest BCUT2D eigenvalue weighted by Gasteiger charge is 2.17. The fourth-order valence-electron chi connectivity index (χ4n) is 1.44. The van der Waals surface area contributed by atoms with Crippen LogP contribution >= 0.6 is 0 Å². The van der Waals surface area contributed by atoms with Crippen LogP contribution in [0.5, 0.6) is 5.75 Å². The van der Waals surface area contributed by atoms with Crippen molar-refractivity contribution in [1.29, 1.82) is 0 Å². The molecule has 1 aromatic carbocycles. The summed E-state index contributed by atoms with van der Waals surface area (Å²) in [7, 11) is 4.90. The average molecular weight is 240 g/mol. The van der Waals surface area contributed by atoms with E-state index in [4.69, 9.17) is 9.47 Å². The van der Waals surface area contributed by atoms with Gasteiger partial charge in [-0.2, -0.15) is 0 Å². The van der Waals surface area contributed by atoms with Crippen molar-refractivity contribution in [2.45, 2.75) is 0 Å². The summed E-state index contributed by atoms with van der Waals surface area (Å²) in [6.07, 6.45) is 0. The van der Waals surface area contributed by atoms with Crippen molar-refractivity contribution in [2.24, 2.45) is 0 Å². The number of hydrogen-bond acceptors (Lipinski definition) is 5. The van der Waals surface area contributed by atoms with Crippen LogP contribution in [-0.2, 0) is 4.74 Å². The fourth-order valence-corrected chi connectivity index (χ4v) is 1.44. The number of rotatable bonds is 6. The van der Waals surface area contributed by atoms with Crippen LogP contribution in [-0.4, -0.2) is 39.3 Å². The molecule has 0 amide bonds. The Morgan fingerprint density at radius 1 is 1.41 bits per heavy atom. The monoisotopic (exact) mass is 240 g/mol. The molecule has 1 rings (SSSR count). The van der Waals surface area contributed by atoms with Crippen LogP contribution in [0.3, 0.4) is 0 Å². The zero-order valence-corrected chi connectivity index (χ0v) is 10.2. The molecule has 0 bridgehead atoms. The number of nitrogens with zero attached hydrogens (tertiary/aromatic N) is 2. The molecule has 0 heterocycles. The third-order valence-electron chi connectivity index (χ3n) is 2.42. The van der Waals surface area contributed by atoms with Crippen molar-refractivity contribution in [3.05, 3.63) is 28.3 Å². The van der Waals surface area contributed by atoms with Gasteiger partial charge in [-0.15, -0.1) is 0 Å². The zero-order valence-electron chi connectivity index (χ0n) is 10.2. The number of ether oxygens (including phenoxy) is 2. The highest BCUT2D eigenvalue weighted by Crippen LogP contribution is 2.31. The van der Waals surface area contributed by atoms with Crippen LogP contribution < -0.4 is 9.64 Å². The van der Waals surface area contributed by atoms with Crippen molar-refractivity contribution in [3.8, 4) is 5.75 Å². The SMILES string of the molecule is COCCN(C)c1cc(OC)ccc1[N+](=O)[O-]. The molecule has 0 spiro atoms. The topological polar surface area (TPSA) is 64.8 Å². The molecule has 0 radical (unpaired) electrons. The quantitative estimate of drug-likeness (QED) is 0.559. The molecule has 0 unspecified atom stereocenters. The van der Waals surface area contributed by atoms with Gasteiger partial charge < -0.3 is 14.4 Å². The maximum Gasteiger partial charge on any atom is 0.292 e. The molecule has 0 fully saturated rings. The molecule has 0 aliphatic carbocycles. The number of anilines is 1. The summed E-state index contributed by atoms with van der Waals surface area (Å²) in [4.78, 5) is 12.3. The molecular formula is C11H16N2O4. The lowest BCUT2D eigenvalue weighted by atomic mass is 10.2. The van der Waals surface area contributed by atoms with Crippen LogP contribution in [0.2, 0.25) is 0 Å². The molecule has 0 aromatic heterocycles. The Balaban J connectivity index is 3.03. The summed E-state index contributed by atoms with van der Waals surface area (Å²) in [5.74, 6) is 0.592. The lowest BCUT2D eigenvalue weighted by molar-refractivity contribution is -0.384. The van der Waals surface area contributed by atoms with Crippen molar-refractivity contribution in [1.82, 2.24) is 0 Å². The lowest BCUT2D eigenvalue weighted by Gasteiger charge is -2.19. The lowest BCUT2D eigenvalue weighted by Crippen LogP contribution is -2.22. The molecule has 0 saturated heterocycles. The van der Waals surface area contributed by atoms with E-state index in [9.17, 15) is 10.1 Å². The minimum Gasteiger partial charge on any atom is -0.497 e. The molecule has 6 heteroatoms. The van der Waals surface area contributed by atoms with E-state index in [-0.39, 0.29) is 5.69 Å². The van der Waals surface area contributed by atoms with Gasteiger partial charge in [-0.25, -0.2) is 0 Å². The number of benzene rings is 1.